The van der Waals surface area contributed by atoms with Gasteiger partial charge in [0.2, 0.25) is 5.95 Å². The fourth-order valence-electron chi connectivity index (χ4n) is 1.61. The molecule has 1 heterocycles. The standard InChI is InChI=1S/C12H14BrN5O2/c1-6-4-8(5-7(2)9(6)13)20-12-16-10(18-14)15-11(17-12)19-3/h4-5H,14H2,1-3H3,(H,15,16,17,18). The van der Waals surface area contributed by atoms with Crippen LogP contribution in [-0.2, 0) is 0 Å². The molecule has 0 aliphatic heterocycles. The van der Waals surface area contributed by atoms with Gasteiger partial charge in [0.25, 0.3) is 0 Å². The molecule has 0 fully saturated rings. The minimum atomic E-state index is 0.103. The van der Waals surface area contributed by atoms with Gasteiger partial charge in [0.05, 0.1) is 7.11 Å². The molecule has 7 nitrogen and oxygen atoms in total. The summed E-state index contributed by atoms with van der Waals surface area (Å²) in [6.45, 7) is 3.95. The lowest BCUT2D eigenvalue weighted by Gasteiger charge is -2.09. The first-order chi connectivity index (χ1) is 9.53. The summed E-state index contributed by atoms with van der Waals surface area (Å²) >= 11 is 3.50. The summed E-state index contributed by atoms with van der Waals surface area (Å²) in [6.07, 6.45) is 0. The van der Waals surface area contributed by atoms with Gasteiger partial charge in [-0.3, -0.25) is 5.43 Å². The predicted molar refractivity (Wildman–Crippen MR) is 77.9 cm³/mol. The Morgan fingerprint density at radius 3 is 2.25 bits per heavy atom. The van der Waals surface area contributed by atoms with Gasteiger partial charge >= 0.3 is 12.0 Å². The van der Waals surface area contributed by atoms with Crippen molar-refractivity contribution < 1.29 is 9.47 Å². The Balaban J connectivity index is 2.34. The van der Waals surface area contributed by atoms with Crippen molar-refractivity contribution in [1.82, 2.24) is 15.0 Å². The molecule has 0 bridgehead atoms. The van der Waals surface area contributed by atoms with Gasteiger partial charge in [0.1, 0.15) is 5.75 Å². The molecule has 0 aliphatic rings. The molecule has 2 rings (SSSR count). The van der Waals surface area contributed by atoms with Gasteiger partial charge in [-0.2, -0.15) is 9.97 Å². The number of anilines is 1. The van der Waals surface area contributed by atoms with E-state index < -0.39 is 0 Å². The summed E-state index contributed by atoms with van der Waals surface area (Å²) in [7, 11) is 1.45. The normalized spacial score (nSPS) is 10.2. The summed E-state index contributed by atoms with van der Waals surface area (Å²) in [4.78, 5) is 11.9. The van der Waals surface area contributed by atoms with E-state index in [0.29, 0.717) is 5.75 Å². The van der Waals surface area contributed by atoms with Crippen LogP contribution in [0.4, 0.5) is 5.95 Å². The van der Waals surface area contributed by atoms with E-state index in [2.05, 4.69) is 36.3 Å². The molecule has 20 heavy (non-hydrogen) atoms. The van der Waals surface area contributed by atoms with Crippen LogP contribution in [-0.4, -0.2) is 22.1 Å². The third-order valence-corrected chi connectivity index (χ3v) is 3.78. The van der Waals surface area contributed by atoms with Crippen molar-refractivity contribution >= 4 is 21.9 Å². The van der Waals surface area contributed by atoms with Crippen LogP contribution in [0.25, 0.3) is 0 Å². The smallest absolute Gasteiger partial charge is 0.330 e. The zero-order valence-electron chi connectivity index (χ0n) is 11.3. The maximum Gasteiger partial charge on any atom is 0.330 e. The summed E-state index contributed by atoms with van der Waals surface area (Å²) < 4.78 is 11.6. The van der Waals surface area contributed by atoms with Crippen molar-refractivity contribution in [3.05, 3.63) is 27.7 Å². The first kappa shape index (κ1) is 14.5. The second kappa shape index (κ2) is 6.02. The van der Waals surface area contributed by atoms with Crippen LogP contribution < -0.4 is 20.7 Å². The lowest BCUT2D eigenvalue weighted by atomic mass is 10.1. The number of hydrogen-bond acceptors (Lipinski definition) is 7. The van der Waals surface area contributed by atoms with E-state index in [-0.39, 0.29) is 18.0 Å². The predicted octanol–water partition coefficient (Wildman–Crippen LogP) is 2.34. The maximum absolute atomic E-state index is 5.62. The first-order valence-corrected chi connectivity index (χ1v) is 6.54. The number of nitrogens with zero attached hydrogens (tertiary/aromatic N) is 3. The molecule has 2 aromatic rings. The van der Waals surface area contributed by atoms with Gasteiger partial charge in [-0.25, -0.2) is 5.84 Å². The fraction of sp³-hybridized carbons (Fsp3) is 0.250. The SMILES string of the molecule is COc1nc(NN)nc(Oc2cc(C)c(Br)c(C)c2)n1. The number of benzene rings is 1. The monoisotopic (exact) mass is 339 g/mol. The van der Waals surface area contributed by atoms with Crippen LogP contribution in [0.2, 0.25) is 0 Å². The summed E-state index contributed by atoms with van der Waals surface area (Å²) in [5.41, 5.74) is 4.44. The highest BCUT2D eigenvalue weighted by Crippen LogP contribution is 2.28. The molecular formula is C12H14BrN5O2. The van der Waals surface area contributed by atoms with Crippen molar-refractivity contribution in [2.24, 2.45) is 5.84 Å². The molecule has 0 atom stereocenters. The summed E-state index contributed by atoms with van der Waals surface area (Å²) in [5, 5.41) is 0. The Morgan fingerprint density at radius 2 is 1.70 bits per heavy atom. The third-order valence-electron chi connectivity index (χ3n) is 2.53. The number of nitrogen functional groups attached to an aromatic ring is 1. The van der Waals surface area contributed by atoms with E-state index >= 15 is 0 Å². The number of rotatable bonds is 4. The molecule has 1 aromatic heterocycles. The molecule has 0 saturated heterocycles. The quantitative estimate of drug-likeness (QED) is 0.651. The van der Waals surface area contributed by atoms with Gasteiger partial charge in [-0.05, 0) is 37.1 Å². The topological polar surface area (TPSA) is 95.2 Å². The minimum Gasteiger partial charge on any atom is -0.467 e. The molecule has 8 heteroatoms. The average molecular weight is 340 g/mol. The van der Waals surface area contributed by atoms with Crippen LogP contribution >= 0.6 is 15.9 Å². The number of nitrogens with one attached hydrogen (secondary N) is 1. The summed E-state index contributed by atoms with van der Waals surface area (Å²) in [6, 6.07) is 3.98. The van der Waals surface area contributed by atoms with E-state index in [4.69, 9.17) is 15.3 Å². The Kier molecular flexibility index (Phi) is 4.35. The van der Waals surface area contributed by atoms with Crippen molar-refractivity contribution in [2.75, 3.05) is 12.5 Å². The van der Waals surface area contributed by atoms with E-state index in [9.17, 15) is 0 Å². The zero-order valence-corrected chi connectivity index (χ0v) is 12.9. The number of methoxy groups -OCH3 is 1. The molecule has 0 aliphatic carbocycles. The van der Waals surface area contributed by atoms with Crippen LogP contribution in [0.5, 0.6) is 17.8 Å². The lowest BCUT2D eigenvalue weighted by Crippen LogP contribution is -2.12. The Labute approximate surface area is 124 Å². The third kappa shape index (κ3) is 3.14. The highest BCUT2D eigenvalue weighted by Gasteiger charge is 2.10. The molecule has 1 aromatic carbocycles. The maximum atomic E-state index is 5.62. The number of aryl methyl sites for hydroxylation is 2. The molecule has 3 N–H and O–H groups in total. The molecule has 0 radical (unpaired) electrons. The number of ether oxygens (including phenoxy) is 2. The molecule has 106 valence electrons. The zero-order chi connectivity index (χ0) is 14.7. The number of halogens is 1. The largest absolute Gasteiger partial charge is 0.467 e. The van der Waals surface area contributed by atoms with E-state index in [1.165, 1.54) is 7.11 Å². The molecule has 0 spiro atoms. The number of hydrogen-bond donors (Lipinski definition) is 2. The van der Waals surface area contributed by atoms with Crippen LogP contribution in [0.1, 0.15) is 11.1 Å². The minimum absolute atomic E-state index is 0.103. The fourth-order valence-corrected chi connectivity index (χ4v) is 1.84. The number of hydrazine groups is 1. The molecular weight excluding hydrogens is 326 g/mol. The Morgan fingerprint density at radius 1 is 1.10 bits per heavy atom. The second-order valence-electron chi connectivity index (χ2n) is 4.05. The van der Waals surface area contributed by atoms with Gasteiger partial charge in [0, 0.05) is 4.47 Å². The van der Waals surface area contributed by atoms with E-state index in [1.807, 2.05) is 26.0 Å². The van der Waals surface area contributed by atoms with Crippen molar-refractivity contribution in [2.45, 2.75) is 13.8 Å². The van der Waals surface area contributed by atoms with Crippen LogP contribution in [0, 0.1) is 13.8 Å². The summed E-state index contributed by atoms with van der Waals surface area (Å²) in [5.74, 6) is 6.07. The number of nitrogens with two attached hydrogens (primary N) is 1. The second-order valence-corrected chi connectivity index (χ2v) is 4.84. The number of aromatic nitrogens is 3. The average Bonchev–Trinajstić information content (AvgIpc) is 2.44. The van der Waals surface area contributed by atoms with Crippen molar-refractivity contribution in [1.29, 1.82) is 0 Å². The van der Waals surface area contributed by atoms with E-state index in [1.54, 1.807) is 0 Å². The first-order valence-electron chi connectivity index (χ1n) is 5.74. The van der Waals surface area contributed by atoms with Gasteiger partial charge in [-0.1, -0.05) is 15.9 Å². The van der Waals surface area contributed by atoms with Crippen LogP contribution in [0.3, 0.4) is 0 Å². The van der Waals surface area contributed by atoms with E-state index in [0.717, 1.165) is 15.6 Å². The molecule has 0 amide bonds. The Hall–Kier alpha value is -1.93. The Bertz CT molecular complexity index is 590. The molecule has 0 unspecified atom stereocenters. The van der Waals surface area contributed by atoms with Crippen molar-refractivity contribution in [3.63, 3.8) is 0 Å². The van der Waals surface area contributed by atoms with Crippen LogP contribution in [0.15, 0.2) is 16.6 Å². The molecule has 0 saturated carbocycles. The van der Waals surface area contributed by atoms with Crippen molar-refractivity contribution in [3.8, 4) is 17.8 Å². The van der Waals surface area contributed by atoms with Gasteiger partial charge in [-0.15, -0.1) is 4.98 Å². The lowest BCUT2D eigenvalue weighted by molar-refractivity contribution is 0.360. The van der Waals surface area contributed by atoms with Gasteiger partial charge in [0.15, 0.2) is 0 Å². The highest BCUT2D eigenvalue weighted by atomic mass is 79.9. The highest BCUT2D eigenvalue weighted by molar-refractivity contribution is 9.10. The van der Waals surface area contributed by atoms with Gasteiger partial charge < -0.3 is 9.47 Å².